The molecule has 1 aliphatic heterocycles. The van der Waals surface area contributed by atoms with Gasteiger partial charge in [0.1, 0.15) is 5.82 Å². The molecule has 8 heteroatoms. The Morgan fingerprint density at radius 2 is 2.11 bits per heavy atom. The van der Waals surface area contributed by atoms with Gasteiger partial charge >= 0.3 is 0 Å². The number of carbonyl (C=O) groups is 1. The van der Waals surface area contributed by atoms with Gasteiger partial charge < -0.3 is 20.8 Å². The van der Waals surface area contributed by atoms with E-state index in [9.17, 15) is 9.59 Å². The van der Waals surface area contributed by atoms with E-state index in [-0.39, 0.29) is 29.8 Å². The van der Waals surface area contributed by atoms with E-state index >= 15 is 0 Å². The molecule has 1 aliphatic rings. The smallest absolute Gasteiger partial charge is 0.251 e. The molecule has 0 radical (unpaired) electrons. The van der Waals surface area contributed by atoms with E-state index in [1.807, 2.05) is 19.1 Å². The van der Waals surface area contributed by atoms with E-state index < -0.39 is 6.04 Å². The Labute approximate surface area is 164 Å². The second-order valence-corrected chi connectivity index (χ2v) is 6.48. The van der Waals surface area contributed by atoms with Crippen molar-refractivity contribution in [3.63, 3.8) is 0 Å². The van der Waals surface area contributed by atoms with Gasteiger partial charge in [0.05, 0.1) is 6.04 Å². The molecule has 0 spiro atoms. The lowest BCUT2D eigenvalue weighted by molar-refractivity contribution is -0.119. The molecule has 0 bridgehead atoms. The summed E-state index contributed by atoms with van der Waals surface area (Å²) < 4.78 is 5.32. The number of nitrogens with one attached hydrogen (secondary N) is 2. The number of aryl methyl sites for hydroxylation is 1. The molecule has 0 saturated carbocycles. The van der Waals surface area contributed by atoms with Gasteiger partial charge in [0.2, 0.25) is 5.91 Å². The summed E-state index contributed by atoms with van der Waals surface area (Å²) in [6, 6.07) is 8.15. The summed E-state index contributed by atoms with van der Waals surface area (Å²) >= 11 is 0. The zero-order chi connectivity index (χ0) is 18.5. The van der Waals surface area contributed by atoms with Crippen molar-refractivity contribution >= 4 is 24.0 Å². The van der Waals surface area contributed by atoms with Gasteiger partial charge in [-0.1, -0.05) is 19.1 Å². The number of hydrogen-bond donors (Lipinski definition) is 3. The number of aromatic nitrogens is 2. The number of H-pyrrole nitrogens is 1. The second-order valence-electron chi connectivity index (χ2n) is 6.48. The van der Waals surface area contributed by atoms with E-state index in [2.05, 4.69) is 15.3 Å². The molecule has 1 saturated heterocycles. The zero-order valence-corrected chi connectivity index (χ0v) is 16.1. The molecule has 1 atom stereocenters. The molecule has 3 rings (SSSR count). The van der Waals surface area contributed by atoms with Crippen molar-refractivity contribution in [1.29, 1.82) is 0 Å². The molecule has 0 aliphatic carbocycles. The fraction of sp³-hybridized carbons (Fsp3) is 0.421. The lowest BCUT2D eigenvalue weighted by Crippen LogP contribution is -2.44. The Hall–Kier alpha value is -2.22. The van der Waals surface area contributed by atoms with Crippen LogP contribution in [-0.2, 0) is 16.0 Å². The van der Waals surface area contributed by atoms with Gasteiger partial charge in [0.15, 0.2) is 0 Å². The van der Waals surface area contributed by atoms with Crippen LogP contribution in [0.15, 0.2) is 35.1 Å². The third-order valence-electron chi connectivity index (χ3n) is 4.64. The lowest BCUT2D eigenvalue weighted by Gasteiger charge is -2.26. The predicted molar refractivity (Wildman–Crippen MR) is 107 cm³/mol. The van der Waals surface area contributed by atoms with Crippen molar-refractivity contribution in [2.24, 2.45) is 11.7 Å². The largest absolute Gasteiger partial charge is 0.381 e. The number of nitrogens with two attached hydrogens (primary N) is 1. The topological polar surface area (TPSA) is 110 Å². The summed E-state index contributed by atoms with van der Waals surface area (Å²) in [5.41, 5.74) is 8.01. The third kappa shape index (κ3) is 5.38. The second kappa shape index (κ2) is 9.64. The highest BCUT2D eigenvalue weighted by atomic mass is 35.5. The van der Waals surface area contributed by atoms with E-state index in [0.29, 0.717) is 31.1 Å². The molecular formula is C19H25ClN4O3. The molecule has 1 unspecified atom stereocenters. The molecule has 4 N–H and O–H groups in total. The van der Waals surface area contributed by atoms with Crippen LogP contribution in [0.5, 0.6) is 0 Å². The van der Waals surface area contributed by atoms with Crippen LogP contribution in [0.1, 0.15) is 25.5 Å². The Morgan fingerprint density at radius 1 is 1.37 bits per heavy atom. The van der Waals surface area contributed by atoms with Crippen molar-refractivity contribution in [3.05, 3.63) is 46.4 Å². The van der Waals surface area contributed by atoms with Crippen LogP contribution in [0.2, 0.25) is 0 Å². The number of ether oxygens (including phenoxy) is 1. The van der Waals surface area contributed by atoms with Crippen molar-refractivity contribution < 1.29 is 9.53 Å². The van der Waals surface area contributed by atoms with E-state index in [1.54, 1.807) is 12.1 Å². The monoisotopic (exact) mass is 392 g/mol. The van der Waals surface area contributed by atoms with Crippen molar-refractivity contribution in [2.45, 2.75) is 32.2 Å². The average molecular weight is 393 g/mol. The SMILES string of the molecule is CCc1cc(=O)[nH]c(-c2cccc(NC(=O)C(N)C3CCOCC3)c2)n1.Cl. The predicted octanol–water partition coefficient (Wildman–Crippen LogP) is 2.11. The van der Waals surface area contributed by atoms with Gasteiger partial charge in [-0.05, 0) is 37.3 Å². The fourth-order valence-corrected chi connectivity index (χ4v) is 3.08. The van der Waals surface area contributed by atoms with Crippen LogP contribution in [0, 0.1) is 5.92 Å². The maximum Gasteiger partial charge on any atom is 0.251 e. The molecule has 2 aromatic rings. The number of halogens is 1. The number of amides is 1. The number of benzene rings is 1. The number of aromatic amines is 1. The van der Waals surface area contributed by atoms with Gasteiger partial charge in [0.25, 0.3) is 5.56 Å². The summed E-state index contributed by atoms with van der Waals surface area (Å²) in [6.07, 6.45) is 2.26. The molecule has 1 amide bonds. The summed E-state index contributed by atoms with van der Waals surface area (Å²) in [5, 5.41) is 2.87. The first kappa shape index (κ1) is 21.1. The first-order valence-corrected chi connectivity index (χ1v) is 8.91. The fourth-order valence-electron chi connectivity index (χ4n) is 3.08. The maximum absolute atomic E-state index is 12.5. The third-order valence-corrected chi connectivity index (χ3v) is 4.64. The molecule has 1 aromatic carbocycles. The highest BCUT2D eigenvalue weighted by molar-refractivity contribution is 5.95. The van der Waals surface area contributed by atoms with Gasteiger partial charge in [-0.2, -0.15) is 0 Å². The summed E-state index contributed by atoms with van der Waals surface area (Å²) in [5.74, 6) is 0.406. The Kier molecular flexibility index (Phi) is 7.53. The van der Waals surface area contributed by atoms with Crippen molar-refractivity contribution in [2.75, 3.05) is 18.5 Å². The molecule has 146 valence electrons. The highest BCUT2D eigenvalue weighted by Gasteiger charge is 2.26. The van der Waals surface area contributed by atoms with Crippen LogP contribution in [0.4, 0.5) is 5.69 Å². The minimum Gasteiger partial charge on any atom is -0.381 e. The molecular weight excluding hydrogens is 368 g/mol. The summed E-state index contributed by atoms with van der Waals surface area (Å²) in [6.45, 7) is 3.24. The maximum atomic E-state index is 12.5. The summed E-state index contributed by atoms with van der Waals surface area (Å²) in [7, 11) is 0. The zero-order valence-electron chi connectivity index (χ0n) is 15.2. The molecule has 1 fully saturated rings. The average Bonchev–Trinajstić information content (AvgIpc) is 2.67. The van der Waals surface area contributed by atoms with Crippen molar-refractivity contribution in [3.8, 4) is 11.4 Å². The number of nitrogens with zero attached hydrogens (tertiary/aromatic N) is 1. The van der Waals surface area contributed by atoms with Crippen LogP contribution in [0.3, 0.4) is 0 Å². The molecule has 27 heavy (non-hydrogen) atoms. The van der Waals surface area contributed by atoms with Gasteiger partial charge in [-0.3, -0.25) is 9.59 Å². The minimum absolute atomic E-state index is 0. The summed E-state index contributed by atoms with van der Waals surface area (Å²) in [4.78, 5) is 31.4. The van der Waals surface area contributed by atoms with Gasteiger partial charge in [-0.15, -0.1) is 12.4 Å². The number of anilines is 1. The van der Waals surface area contributed by atoms with Crippen LogP contribution < -0.4 is 16.6 Å². The van der Waals surface area contributed by atoms with Crippen molar-refractivity contribution in [1.82, 2.24) is 9.97 Å². The molecule has 7 nitrogen and oxygen atoms in total. The first-order valence-electron chi connectivity index (χ1n) is 8.91. The normalized spacial score (nSPS) is 15.6. The van der Waals surface area contributed by atoms with Gasteiger partial charge in [0, 0.05) is 36.2 Å². The first-order chi connectivity index (χ1) is 12.6. The van der Waals surface area contributed by atoms with Crippen LogP contribution in [-0.4, -0.2) is 35.1 Å². The number of rotatable bonds is 5. The van der Waals surface area contributed by atoms with Gasteiger partial charge in [-0.25, -0.2) is 4.98 Å². The quantitative estimate of drug-likeness (QED) is 0.721. The Bertz CT molecular complexity index is 834. The highest BCUT2D eigenvalue weighted by Crippen LogP contribution is 2.21. The van der Waals surface area contributed by atoms with E-state index in [0.717, 1.165) is 24.1 Å². The number of hydrogen-bond acceptors (Lipinski definition) is 5. The van der Waals surface area contributed by atoms with E-state index in [1.165, 1.54) is 6.07 Å². The van der Waals surface area contributed by atoms with E-state index in [4.69, 9.17) is 10.5 Å². The Balaban J connectivity index is 0.00000261. The lowest BCUT2D eigenvalue weighted by atomic mass is 9.92. The molecule has 2 heterocycles. The Morgan fingerprint density at radius 3 is 2.81 bits per heavy atom. The molecule has 1 aromatic heterocycles. The standard InChI is InChI=1S/C19H24N4O3.ClH/c1-2-14-11-16(24)23-18(21-14)13-4-3-5-15(10-13)22-19(25)17(20)12-6-8-26-9-7-12;/h3-5,10-12,17H,2,6-9,20H2,1H3,(H,22,25)(H,21,23,24);1H. The van der Waals surface area contributed by atoms with Crippen LogP contribution >= 0.6 is 12.4 Å². The number of carbonyl (C=O) groups excluding carboxylic acids is 1. The van der Waals surface area contributed by atoms with Crippen LogP contribution in [0.25, 0.3) is 11.4 Å². The minimum atomic E-state index is -0.566.